The minimum Gasteiger partial charge on any atom is -0.497 e. The number of rotatable bonds is 6. The fraction of sp³-hybridized carbons (Fsp3) is 0.158. The molecule has 0 spiro atoms. The highest BCUT2D eigenvalue weighted by molar-refractivity contribution is 14.0. The van der Waals surface area contributed by atoms with Crippen molar-refractivity contribution in [3.8, 4) is 16.3 Å². The van der Waals surface area contributed by atoms with Gasteiger partial charge in [-0.25, -0.2) is 4.98 Å². The number of hydrogen-bond acceptors (Lipinski definition) is 4. The molecule has 1 aromatic heterocycles. The van der Waals surface area contributed by atoms with Crippen LogP contribution in [-0.4, -0.2) is 24.6 Å². The average Bonchev–Trinajstić information content (AvgIpc) is 3.12. The Morgan fingerprint density at radius 1 is 1.15 bits per heavy atom. The van der Waals surface area contributed by atoms with E-state index in [1.807, 2.05) is 42.5 Å². The van der Waals surface area contributed by atoms with Gasteiger partial charge in [-0.2, -0.15) is 0 Å². The number of anilines is 1. The molecule has 3 N–H and O–H groups in total. The minimum atomic E-state index is 0. The Hall–Kier alpha value is -2.13. The predicted molar refractivity (Wildman–Crippen MR) is 120 cm³/mol. The molecule has 2 aromatic carbocycles. The maximum absolute atomic E-state index is 5.93. The van der Waals surface area contributed by atoms with Gasteiger partial charge in [0.1, 0.15) is 10.8 Å². The van der Waals surface area contributed by atoms with Gasteiger partial charge in [-0.05, 0) is 24.3 Å². The highest BCUT2D eigenvalue weighted by atomic mass is 127. The van der Waals surface area contributed by atoms with Crippen molar-refractivity contribution < 1.29 is 4.74 Å². The predicted octanol–water partition coefficient (Wildman–Crippen LogP) is 4.41. The lowest BCUT2D eigenvalue weighted by Crippen LogP contribution is -2.23. The monoisotopic (exact) mass is 480 g/mol. The summed E-state index contributed by atoms with van der Waals surface area (Å²) < 4.78 is 5.13. The van der Waals surface area contributed by atoms with Crippen LogP contribution < -0.4 is 15.8 Å². The normalized spacial score (nSPS) is 10.9. The Morgan fingerprint density at radius 2 is 1.88 bits per heavy atom. The van der Waals surface area contributed by atoms with E-state index in [2.05, 4.69) is 32.8 Å². The summed E-state index contributed by atoms with van der Waals surface area (Å²) in [6.07, 6.45) is 0.758. The Morgan fingerprint density at radius 3 is 2.58 bits per heavy atom. The van der Waals surface area contributed by atoms with Gasteiger partial charge in [-0.1, -0.05) is 30.3 Å². The number of halogens is 1. The van der Waals surface area contributed by atoms with Gasteiger partial charge in [0, 0.05) is 29.6 Å². The molecule has 0 saturated heterocycles. The van der Waals surface area contributed by atoms with Crippen LogP contribution in [-0.2, 0) is 6.42 Å². The molecular formula is C19H21IN4OS. The van der Waals surface area contributed by atoms with E-state index in [0.29, 0.717) is 12.5 Å². The molecule has 0 amide bonds. The molecule has 7 heteroatoms. The van der Waals surface area contributed by atoms with Crippen molar-refractivity contribution in [3.05, 3.63) is 65.7 Å². The highest BCUT2D eigenvalue weighted by Crippen LogP contribution is 2.23. The van der Waals surface area contributed by atoms with Crippen molar-refractivity contribution in [2.24, 2.45) is 10.7 Å². The molecule has 0 bridgehead atoms. The van der Waals surface area contributed by atoms with Crippen LogP contribution in [0.2, 0.25) is 0 Å². The second kappa shape index (κ2) is 10.1. The second-order valence-electron chi connectivity index (χ2n) is 5.38. The van der Waals surface area contributed by atoms with Gasteiger partial charge in [0.05, 0.1) is 12.8 Å². The molecule has 0 fully saturated rings. The van der Waals surface area contributed by atoms with Gasteiger partial charge in [-0.3, -0.25) is 4.99 Å². The first-order chi connectivity index (χ1) is 12.2. The van der Waals surface area contributed by atoms with Crippen molar-refractivity contribution in [2.45, 2.75) is 6.42 Å². The molecule has 3 aromatic rings. The molecule has 5 nitrogen and oxygen atoms in total. The topological polar surface area (TPSA) is 72.5 Å². The Bertz CT molecular complexity index is 834. The van der Waals surface area contributed by atoms with E-state index in [1.54, 1.807) is 18.4 Å². The summed E-state index contributed by atoms with van der Waals surface area (Å²) in [5.74, 6) is 1.20. The number of aromatic nitrogens is 1. The molecule has 136 valence electrons. The van der Waals surface area contributed by atoms with Crippen molar-refractivity contribution in [1.82, 2.24) is 4.98 Å². The van der Waals surface area contributed by atoms with Gasteiger partial charge in [-0.15, -0.1) is 35.3 Å². The van der Waals surface area contributed by atoms with Crippen LogP contribution in [0.3, 0.4) is 0 Å². The number of ether oxygens (including phenoxy) is 1. The van der Waals surface area contributed by atoms with E-state index in [-0.39, 0.29) is 24.0 Å². The zero-order valence-electron chi connectivity index (χ0n) is 14.4. The Kier molecular flexibility index (Phi) is 7.86. The lowest BCUT2D eigenvalue weighted by molar-refractivity contribution is 0.415. The summed E-state index contributed by atoms with van der Waals surface area (Å²) in [4.78, 5) is 9.01. The summed E-state index contributed by atoms with van der Waals surface area (Å²) in [5.41, 5.74) is 8.98. The van der Waals surface area contributed by atoms with Gasteiger partial charge in [0.2, 0.25) is 0 Å². The fourth-order valence-corrected chi connectivity index (χ4v) is 3.15. The number of hydrogen-bond donors (Lipinski definition) is 2. The van der Waals surface area contributed by atoms with E-state index in [1.165, 1.54) is 0 Å². The summed E-state index contributed by atoms with van der Waals surface area (Å²) in [5, 5.41) is 6.17. The van der Waals surface area contributed by atoms with Gasteiger partial charge in [0.25, 0.3) is 0 Å². The number of nitrogens with two attached hydrogens (primary N) is 1. The third kappa shape index (κ3) is 5.70. The SMILES string of the molecule is COc1ccc(NC(N)=NCCc2csc(-c3ccccc3)n2)cc1.I. The smallest absolute Gasteiger partial charge is 0.193 e. The number of aliphatic imine (C=N–C) groups is 1. The quantitative estimate of drug-likeness (QED) is 0.312. The standard InChI is InChI=1S/C19H20N4OS.HI/c1-24-17-9-7-15(8-10-17)23-19(20)21-12-11-16-13-25-18(22-16)14-5-3-2-4-6-14;/h2-10,13H,11-12H2,1H3,(H3,20,21,23);1H. The van der Waals surface area contributed by atoms with Crippen LogP contribution in [0.4, 0.5) is 5.69 Å². The van der Waals surface area contributed by atoms with Gasteiger partial charge < -0.3 is 15.8 Å². The first kappa shape index (κ1) is 20.2. The lowest BCUT2D eigenvalue weighted by atomic mass is 10.2. The van der Waals surface area contributed by atoms with Crippen LogP contribution in [0, 0.1) is 0 Å². The molecule has 26 heavy (non-hydrogen) atoms. The average molecular weight is 480 g/mol. The van der Waals surface area contributed by atoms with E-state index in [0.717, 1.165) is 34.1 Å². The third-order valence-corrected chi connectivity index (χ3v) is 4.53. The summed E-state index contributed by atoms with van der Waals surface area (Å²) in [6, 6.07) is 17.7. The maximum Gasteiger partial charge on any atom is 0.193 e. The largest absolute Gasteiger partial charge is 0.497 e. The first-order valence-electron chi connectivity index (χ1n) is 7.95. The van der Waals surface area contributed by atoms with Crippen molar-refractivity contribution >= 4 is 47.0 Å². The van der Waals surface area contributed by atoms with Crippen molar-refractivity contribution in [1.29, 1.82) is 0 Å². The van der Waals surface area contributed by atoms with Crippen LogP contribution in [0.1, 0.15) is 5.69 Å². The molecule has 0 aliphatic heterocycles. The molecule has 0 unspecified atom stereocenters. The zero-order chi connectivity index (χ0) is 17.5. The van der Waals surface area contributed by atoms with Gasteiger partial charge in [0.15, 0.2) is 5.96 Å². The number of guanidine groups is 1. The fourth-order valence-electron chi connectivity index (χ4n) is 2.29. The Balaban J connectivity index is 0.00000243. The number of nitrogens with zero attached hydrogens (tertiary/aromatic N) is 2. The number of thiazole rings is 1. The highest BCUT2D eigenvalue weighted by Gasteiger charge is 2.04. The molecule has 0 saturated carbocycles. The van der Waals surface area contributed by atoms with Crippen LogP contribution in [0.5, 0.6) is 5.75 Å². The number of benzene rings is 2. The van der Waals surface area contributed by atoms with Crippen molar-refractivity contribution in [3.63, 3.8) is 0 Å². The Labute approximate surface area is 174 Å². The van der Waals surface area contributed by atoms with Crippen molar-refractivity contribution in [2.75, 3.05) is 19.0 Å². The van der Waals surface area contributed by atoms with E-state index < -0.39 is 0 Å². The van der Waals surface area contributed by atoms with E-state index in [9.17, 15) is 0 Å². The molecule has 0 radical (unpaired) electrons. The number of methoxy groups -OCH3 is 1. The van der Waals surface area contributed by atoms with Crippen LogP contribution in [0.25, 0.3) is 10.6 Å². The lowest BCUT2D eigenvalue weighted by Gasteiger charge is -2.06. The summed E-state index contributed by atoms with van der Waals surface area (Å²) >= 11 is 1.65. The zero-order valence-corrected chi connectivity index (χ0v) is 17.5. The molecule has 0 aliphatic carbocycles. The molecule has 0 atom stereocenters. The molecular weight excluding hydrogens is 459 g/mol. The second-order valence-corrected chi connectivity index (χ2v) is 6.24. The molecule has 1 heterocycles. The van der Waals surface area contributed by atoms with E-state index >= 15 is 0 Å². The first-order valence-corrected chi connectivity index (χ1v) is 8.83. The molecule has 0 aliphatic rings. The summed E-state index contributed by atoms with van der Waals surface area (Å²) in [7, 11) is 1.64. The summed E-state index contributed by atoms with van der Waals surface area (Å²) in [6.45, 7) is 0.590. The van der Waals surface area contributed by atoms with Crippen LogP contribution in [0.15, 0.2) is 65.0 Å². The molecule has 3 rings (SSSR count). The van der Waals surface area contributed by atoms with Crippen LogP contribution >= 0.6 is 35.3 Å². The van der Waals surface area contributed by atoms with Gasteiger partial charge >= 0.3 is 0 Å². The van der Waals surface area contributed by atoms with E-state index in [4.69, 9.17) is 10.5 Å². The number of nitrogens with one attached hydrogen (secondary N) is 1. The third-order valence-electron chi connectivity index (χ3n) is 3.59. The maximum atomic E-state index is 5.93. The minimum absolute atomic E-state index is 0.